The Bertz CT molecular complexity index is 295. The molecule has 20 heavy (non-hydrogen) atoms. The van der Waals surface area contributed by atoms with E-state index in [2.05, 4.69) is 5.32 Å². The summed E-state index contributed by atoms with van der Waals surface area (Å²) in [5.41, 5.74) is 0. The first-order valence-electron chi connectivity index (χ1n) is 6.80. The van der Waals surface area contributed by atoms with Gasteiger partial charge in [-0.2, -0.15) is 0 Å². The van der Waals surface area contributed by atoms with Crippen molar-refractivity contribution in [3.63, 3.8) is 0 Å². The maximum atomic E-state index is 11.8. The van der Waals surface area contributed by atoms with Gasteiger partial charge in [0.05, 0.1) is 13.2 Å². The van der Waals surface area contributed by atoms with Gasteiger partial charge in [0.1, 0.15) is 6.54 Å². The topological polar surface area (TPSA) is 82.1 Å². The first-order valence-corrected chi connectivity index (χ1v) is 6.80. The molecule has 0 unspecified atom stereocenters. The Hall–Kier alpha value is -1.34. The van der Waals surface area contributed by atoms with Crippen molar-refractivity contribution < 1.29 is 19.4 Å². The lowest BCUT2D eigenvalue weighted by molar-refractivity contribution is -0.137. The van der Waals surface area contributed by atoms with Crippen LogP contribution in [-0.2, 0) is 9.53 Å². The van der Waals surface area contributed by atoms with Crippen LogP contribution < -0.4 is 5.32 Å². The van der Waals surface area contributed by atoms with Gasteiger partial charge in [-0.1, -0.05) is 13.8 Å². The molecule has 0 aromatic carbocycles. The number of hydrogen-bond donors (Lipinski definition) is 2. The summed E-state index contributed by atoms with van der Waals surface area (Å²) >= 11 is 0. The van der Waals surface area contributed by atoms with Crippen molar-refractivity contribution in [2.45, 2.75) is 13.8 Å². The van der Waals surface area contributed by atoms with Gasteiger partial charge >= 0.3 is 12.0 Å². The maximum Gasteiger partial charge on any atom is 0.323 e. The van der Waals surface area contributed by atoms with Crippen LogP contribution in [0, 0.1) is 5.92 Å². The number of likely N-dealkylation sites (N-methyl/N-ethyl adjacent to an activating group) is 1. The first kappa shape index (κ1) is 18.7. The van der Waals surface area contributed by atoms with Crippen LogP contribution in [0.2, 0.25) is 0 Å². The second-order valence-corrected chi connectivity index (χ2v) is 5.32. The van der Waals surface area contributed by atoms with E-state index in [0.717, 1.165) is 6.54 Å². The van der Waals surface area contributed by atoms with E-state index in [1.807, 2.05) is 32.8 Å². The number of aliphatic carboxylic acids is 1. The molecule has 0 fully saturated rings. The van der Waals surface area contributed by atoms with Crippen LogP contribution in [0.25, 0.3) is 0 Å². The Balaban J connectivity index is 3.91. The van der Waals surface area contributed by atoms with Crippen molar-refractivity contribution in [2.75, 3.05) is 53.5 Å². The normalized spacial score (nSPS) is 10.9. The molecule has 2 amide bonds. The minimum absolute atomic E-state index is 0.219. The van der Waals surface area contributed by atoms with E-state index in [4.69, 9.17) is 9.84 Å². The first-order chi connectivity index (χ1) is 9.32. The average Bonchev–Trinajstić information content (AvgIpc) is 2.30. The maximum absolute atomic E-state index is 11.8. The molecule has 0 saturated carbocycles. The Morgan fingerprint density at radius 3 is 2.40 bits per heavy atom. The monoisotopic (exact) mass is 289 g/mol. The fraction of sp³-hybridized carbons (Fsp3) is 0.846. The number of carbonyl (C=O) groups is 2. The van der Waals surface area contributed by atoms with Crippen molar-refractivity contribution in [3.8, 4) is 0 Å². The van der Waals surface area contributed by atoms with E-state index < -0.39 is 5.97 Å². The van der Waals surface area contributed by atoms with Crippen molar-refractivity contribution >= 4 is 12.0 Å². The van der Waals surface area contributed by atoms with E-state index in [1.54, 1.807) is 0 Å². The lowest BCUT2D eigenvalue weighted by Gasteiger charge is -2.23. The van der Waals surface area contributed by atoms with Crippen molar-refractivity contribution in [1.29, 1.82) is 0 Å². The third-order valence-corrected chi connectivity index (χ3v) is 2.40. The van der Waals surface area contributed by atoms with Gasteiger partial charge in [0.2, 0.25) is 0 Å². The van der Waals surface area contributed by atoms with Crippen molar-refractivity contribution in [2.24, 2.45) is 5.92 Å². The van der Waals surface area contributed by atoms with Crippen LogP contribution in [0.3, 0.4) is 0 Å². The highest BCUT2D eigenvalue weighted by Gasteiger charge is 2.17. The summed E-state index contributed by atoms with van der Waals surface area (Å²) < 4.78 is 5.35. The summed E-state index contributed by atoms with van der Waals surface area (Å²) in [4.78, 5) is 25.9. The number of carboxylic acid groups (broad SMARTS) is 1. The Morgan fingerprint density at radius 1 is 1.25 bits per heavy atom. The number of hydrogen-bond acceptors (Lipinski definition) is 4. The third-order valence-electron chi connectivity index (χ3n) is 2.40. The molecule has 0 rings (SSSR count). The highest BCUT2D eigenvalue weighted by atomic mass is 16.5. The molecule has 0 spiro atoms. The largest absolute Gasteiger partial charge is 0.480 e. The van der Waals surface area contributed by atoms with Gasteiger partial charge in [-0.25, -0.2) is 4.79 Å². The van der Waals surface area contributed by atoms with Crippen LogP contribution >= 0.6 is 0 Å². The molecule has 0 atom stereocenters. The number of urea groups is 1. The van der Waals surface area contributed by atoms with Gasteiger partial charge in [0.25, 0.3) is 0 Å². The number of carboxylic acids is 1. The Morgan fingerprint density at radius 2 is 1.90 bits per heavy atom. The molecule has 7 nitrogen and oxygen atoms in total. The van der Waals surface area contributed by atoms with E-state index in [1.165, 1.54) is 4.90 Å². The summed E-state index contributed by atoms with van der Waals surface area (Å²) in [6.45, 7) is 6.23. The van der Waals surface area contributed by atoms with E-state index in [-0.39, 0.29) is 18.5 Å². The van der Waals surface area contributed by atoms with Crippen molar-refractivity contribution in [1.82, 2.24) is 15.1 Å². The molecule has 0 radical (unpaired) electrons. The molecule has 0 aromatic heterocycles. The number of ether oxygens (including phenoxy) is 1. The predicted octanol–water partition coefficient (Wildman–Crippen LogP) is 0.317. The quantitative estimate of drug-likeness (QED) is 0.566. The van der Waals surface area contributed by atoms with Crippen LogP contribution in [-0.4, -0.2) is 80.4 Å². The standard InChI is InChI=1S/C13H27N3O4/c1-11(2)9-16(10-12(17)18)13(19)14-5-7-20-8-6-15(3)4/h11H,5-10H2,1-4H3,(H,14,19)(H,17,18). The fourth-order valence-corrected chi connectivity index (χ4v) is 1.51. The number of nitrogens with one attached hydrogen (secondary N) is 1. The predicted molar refractivity (Wildman–Crippen MR) is 76.8 cm³/mol. The number of rotatable bonds is 10. The van der Waals surface area contributed by atoms with Gasteiger partial charge in [-0.05, 0) is 20.0 Å². The minimum atomic E-state index is -1.01. The molecule has 0 heterocycles. The molecular formula is C13H27N3O4. The summed E-state index contributed by atoms with van der Waals surface area (Å²) in [6.07, 6.45) is 0. The molecule has 0 bridgehead atoms. The number of carbonyl (C=O) groups excluding carboxylic acids is 1. The second-order valence-electron chi connectivity index (χ2n) is 5.32. The molecular weight excluding hydrogens is 262 g/mol. The molecule has 118 valence electrons. The Labute approximate surface area is 120 Å². The zero-order valence-corrected chi connectivity index (χ0v) is 12.9. The average molecular weight is 289 g/mol. The van der Waals surface area contributed by atoms with Crippen molar-refractivity contribution in [3.05, 3.63) is 0 Å². The van der Waals surface area contributed by atoms with Gasteiger partial charge in [-0.15, -0.1) is 0 Å². The summed E-state index contributed by atoms with van der Waals surface area (Å²) in [7, 11) is 3.92. The van der Waals surface area contributed by atoms with Gasteiger partial charge in [-0.3, -0.25) is 4.79 Å². The number of nitrogens with zero attached hydrogens (tertiary/aromatic N) is 2. The van der Waals surface area contributed by atoms with Gasteiger partial charge < -0.3 is 25.0 Å². The summed E-state index contributed by atoms with van der Waals surface area (Å²) in [5.74, 6) is -0.792. The summed E-state index contributed by atoms with van der Waals surface area (Å²) in [5, 5.41) is 11.5. The highest BCUT2D eigenvalue weighted by molar-refractivity contribution is 5.80. The molecule has 0 saturated heterocycles. The highest BCUT2D eigenvalue weighted by Crippen LogP contribution is 1.99. The van der Waals surface area contributed by atoms with Gasteiger partial charge in [0.15, 0.2) is 0 Å². The lowest BCUT2D eigenvalue weighted by Crippen LogP contribution is -2.45. The van der Waals surface area contributed by atoms with Crippen LogP contribution in [0.1, 0.15) is 13.8 Å². The molecule has 0 aliphatic rings. The van der Waals surface area contributed by atoms with E-state index >= 15 is 0 Å². The Kier molecular flexibility index (Phi) is 9.75. The van der Waals surface area contributed by atoms with Crippen LogP contribution in [0.5, 0.6) is 0 Å². The lowest BCUT2D eigenvalue weighted by atomic mass is 10.2. The SMILES string of the molecule is CC(C)CN(CC(=O)O)C(=O)NCCOCCN(C)C. The zero-order valence-electron chi connectivity index (χ0n) is 12.9. The molecule has 0 aliphatic carbocycles. The van der Waals surface area contributed by atoms with E-state index in [9.17, 15) is 9.59 Å². The minimum Gasteiger partial charge on any atom is -0.480 e. The summed E-state index contributed by atoms with van der Waals surface area (Å²) in [6, 6.07) is -0.364. The molecule has 0 aliphatic heterocycles. The molecule has 7 heteroatoms. The van der Waals surface area contributed by atoms with Crippen LogP contribution in [0.4, 0.5) is 4.79 Å². The fourth-order valence-electron chi connectivity index (χ4n) is 1.51. The van der Waals surface area contributed by atoms with Gasteiger partial charge in [0, 0.05) is 19.6 Å². The molecule has 0 aromatic rings. The second kappa shape index (κ2) is 10.4. The third kappa shape index (κ3) is 10.6. The number of amides is 2. The zero-order chi connectivity index (χ0) is 15.5. The smallest absolute Gasteiger partial charge is 0.323 e. The van der Waals surface area contributed by atoms with Crippen LogP contribution in [0.15, 0.2) is 0 Å². The van der Waals surface area contributed by atoms with E-state index in [0.29, 0.717) is 26.3 Å². The molecule has 2 N–H and O–H groups in total.